The molecule has 0 heteroatoms. The lowest BCUT2D eigenvalue weighted by atomic mass is 10.5. The molecule has 0 unspecified atom stereocenters. The lowest BCUT2D eigenvalue weighted by molar-refractivity contribution is 1.09. The van der Waals surface area contributed by atoms with Crippen molar-refractivity contribution >= 4 is 0 Å². The van der Waals surface area contributed by atoms with E-state index in [9.17, 15) is 0 Å². The molecule has 56 valence electrons. The predicted octanol–water partition coefficient (Wildman–Crippen LogP) is 3.80. The van der Waals surface area contributed by atoms with Crippen LogP contribution in [0.1, 0.15) is 34.6 Å². The largest absolute Gasteiger partial charge is 0.0991 e. The maximum atomic E-state index is 3.46. The lowest BCUT2D eigenvalue weighted by Gasteiger charge is -1.56. The Hall–Kier alpha value is -0.520. The van der Waals surface area contributed by atoms with Gasteiger partial charge < -0.3 is 0 Å². The Bertz CT molecular complexity index is 51.1. The van der Waals surface area contributed by atoms with Gasteiger partial charge in [0.1, 0.15) is 0 Å². The van der Waals surface area contributed by atoms with Crippen LogP contribution in [0.3, 0.4) is 0 Å². The average molecular weight is 128 g/mol. The molecular formula is C9H20. The first-order chi connectivity index (χ1) is 3.83. The van der Waals surface area contributed by atoms with Gasteiger partial charge in [0.25, 0.3) is 0 Å². The van der Waals surface area contributed by atoms with Gasteiger partial charge in [0.15, 0.2) is 0 Å². The second kappa shape index (κ2) is 25.9. The van der Waals surface area contributed by atoms with Crippen LogP contribution < -0.4 is 0 Å². The van der Waals surface area contributed by atoms with E-state index >= 15 is 0 Å². The van der Waals surface area contributed by atoms with Gasteiger partial charge in [0, 0.05) is 0 Å². The number of rotatable bonds is 1. The van der Waals surface area contributed by atoms with E-state index in [-0.39, 0.29) is 7.43 Å². The molecule has 0 heterocycles. The van der Waals surface area contributed by atoms with E-state index in [1.807, 2.05) is 19.1 Å². The maximum absolute atomic E-state index is 3.46. The highest BCUT2D eigenvalue weighted by Gasteiger charge is 1.42. The Kier molecular flexibility index (Phi) is 45.5. The predicted molar refractivity (Wildman–Crippen MR) is 47.7 cm³/mol. The van der Waals surface area contributed by atoms with Crippen molar-refractivity contribution in [3.05, 3.63) is 24.8 Å². The summed E-state index contributed by atoms with van der Waals surface area (Å²) in [5.74, 6) is 0. The fraction of sp³-hybridized carbons (Fsp3) is 0.556. The molecule has 0 aromatic carbocycles. The van der Waals surface area contributed by atoms with Gasteiger partial charge in [0.05, 0.1) is 0 Å². The second-order valence-electron chi connectivity index (χ2n) is 1.47. The van der Waals surface area contributed by atoms with Crippen LogP contribution in [0.2, 0.25) is 0 Å². The van der Waals surface area contributed by atoms with E-state index in [2.05, 4.69) is 20.4 Å². The molecule has 0 atom stereocenters. The first-order valence-corrected chi connectivity index (χ1v) is 3.07. The minimum atomic E-state index is 0. The van der Waals surface area contributed by atoms with Crippen molar-refractivity contribution in [2.45, 2.75) is 34.6 Å². The molecule has 0 fully saturated rings. The van der Waals surface area contributed by atoms with Crippen molar-refractivity contribution in [1.29, 1.82) is 0 Å². The molecule has 0 radical (unpaired) electrons. The Morgan fingerprint density at radius 2 is 1.67 bits per heavy atom. The monoisotopic (exact) mass is 128 g/mol. The van der Waals surface area contributed by atoms with Gasteiger partial charge in [-0.05, 0) is 6.92 Å². The SMILES string of the molecule is C.C=C/C=C/C.CCC. The van der Waals surface area contributed by atoms with E-state index in [4.69, 9.17) is 0 Å². The zero-order valence-corrected chi connectivity index (χ0v) is 6.15. The van der Waals surface area contributed by atoms with Gasteiger partial charge in [-0.1, -0.05) is 52.5 Å². The molecule has 0 spiro atoms. The number of hydrogen-bond acceptors (Lipinski definition) is 0. The molecule has 0 aromatic heterocycles. The van der Waals surface area contributed by atoms with Crippen LogP contribution >= 0.6 is 0 Å². The average Bonchev–Trinajstić information content (AvgIpc) is 1.71. The minimum Gasteiger partial charge on any atom is -0.0991 e. The molecule has 0 N–H and O–H groups in total. The van der Waals surface area contributed by atoms with E-state index in [1.54, 1.807) is 6.08 Å². The van der Waals surface area contributed by atoms with Crippen LogP contribution in [0.25, 0.3) is 0 Å². The summed E-state index contributed by atoms with van der Waals surface area (Å²) < 4.78 is 0. The summed E-state index contributed by atoms with van der Waals surface area (Å²) >= 11 is 0. The summed E-state index contributed by atoms with van der Waals surface area (Å²) in [4.78, 5) is 0. The van der Waals surface area contributed by atoms with Gasteiger partial charge >= 0.3 is 0 Å². The third-order valence-corrected chi connectivity index (χ3v) is 0.329. The van der Waals surface area contributed by atoms with Crippen molar-refractivity contribution in [2.24, 2.45) is 0 Å². The maximum Gasteiger partial charge on any atom is -0.0467 e. The number of allylic oxidation sites excluding steroid dienone is 3. The third kappa shape index (κ3) is 103. The molecule has 0 nitrogen and oxygen atoms in total. The summed E-state index contributed by atoms with van der Waals surface area (Å²) in [6.07, 6.45) is 6.83. The fourth-order valence-corrected chi connectivity index (χ4v) is 0.136. The molecule has 0 saturated carbocycles. The third-order valence-electron chi connectivity index (χ3n) is 0.329. The Morgan fingerprint density at radius 1 is 1.33 bits per heavy atom. The Balaban J connectivity index is -0.0000000800. The minimum absolute atomic E-state index is 0. The van der Waals surface area contributed by atoms with Gasteiger partial charge in [-0.15, -0.1) is 0 Å². The lowest BCUT2D eigenvalue weighted by Crippen LogP contribution is -1.33. The summed E-state index contributed by atoms with van der Waals surface area (Å²) in [5, 5.41) is 0. The molecule has 0 amide bonds. The first-order valence-electron chi connectivity index (χ1n) is 3.07. The summed E-state index contributed by atoms with van der Waals surface area (Å²) in [5.41, 5.74) is 0. The highest BCUT2D eigenvalue weighted by Crippen LogP contribution is 1.64. The Morgan fingerprint density at radius 3 is 1.67 bits per heavy atom. The van der Waals surface area contributed by atoms with E-state index < -0.39 is 0 Å². The highest BCUT2D eigenvalue weighted by molar-refractivity contribution is 4.94. The molecule has 0 rings (SSSR count). The zero-order valence-electron chi connectivity index (χ0n) is 6.15. The number of hydrogen-bond donors (Lipinski definition) is 0. The summed E-state index contributed by atoms with van der Waals surface area (Å²) in [6, 6.07) is 0. The smallest absolute Gasteiger partial charge is 0.0467 e. The quantitative estimate of drug-likeness (QED) is 0.471. The van der Waals surface area contributed by atoms with Crippen LogP contribution in [0.5, 0.6) is 0 Å². The van der Waals surface area contributed by atoms with Gasteiger partial charge in [0.2, 0.25) is 0 Å². The van der Waals surface area contributed by atoms with Gasteiger partial charge in [-0.3, -0.25) is 0 Å². The fourth-order valence-electron chi connectivity index (χ4n) is 0.136. The topological polar surface area (TPSA) is 0 Å². The standard InChI is InChI=1S/C5H8.C3H8.CH4/c1-3-5-4-2;1-3-2;/h3-5H,1H2,2H3;3H2,1-2H3;1H4/b5-4+;;. The molecule has 9 heavy (non-hydrogen) atoms. The van der Waals surface area contributed by atoms with Crippen molar-refractivity contribution in [3.8, 4) is 0 Å². The van der Waals surface area contributed by atoms with Crippen molar-refractivity contribution < 1.29 is 0 Å². The van der Waals surface area contributed by atoms with Crippen LogP contribution in [-0.2, 0) is 0 Å². The molecule has 0 aromatic rings. The molecule has 0 bridgehead atoms. The van der Waals surface area contributed by atoms with E-state index in [0.717, 1.165) is 0 Å². The normalized spacial score (nSPS) is 7.00. The summed E-state index contributed by atoms with van der Waals surface area (Å²) in [6.45, 7) is 9.67. The summed E-state index contributed by atoms with van der Waals surface area (Å²) in [7, 11) is 0. The van der Waals surface area contributed by atoms with Crippen LogP contribution in [0.15, 0.2) is 24.8 Å². The Labute approximate surface area is 60.3 Å². The van der Waals surface area contributed by atoms with Crippen molar-refractivity contribution in [3.63, 3.8) is 0 Å². The molecule has 0 saturated heterocycles. The zero-order chi connectivity index (χ0) is 6.83. The molecular weight excluding hydrogens is 108 g/mol. The van der Waals surface area contributed by atoms with Crippen LogP contribution in [0, 0.1) is 0 Å². The van der Waals surface area contributed by atoms with E-state index in [1.165, 1.54) is 6.42 Å². The first kappa shape index (κ1) is 15.8. The van der Waals surface area contributed by atoms with Crippen LogP contribution in [0.4, 0.5) is 0 Å². The molecule has 0 aliphatic heterocycles. The highest BCUT2D eigenvalue weighted by atomic mass is 13.5. The van der Waals surface area contributed by atoms with Crippen molar-refractivity contribution in [1.82, 2.24) is 0 Å². The second-order valence-corrected chi connectivity index (χ2v) is 1.47. The molecule has 0 aliphatic rings. The molecule has 0 aliphatic carbocycles. The van der Waals surface area contributed by atoms with Gasteiger partial charge in [-0.25, -0.2) is 0 Å². The van der Waals surface area contributed by atoms with E-state index in [0.29, 0.717) is 0 Å². The van der Waals surface area contributed by atoms with Crippen molar-refractivity contribution in [2.75, 3.05) is 0 Å². The van der Waals surface area contributed by atoms with Gasteiger partial charge in [-0.2, -0.15) is 0 Å². The van der Waals surface area contributed by atoms with Crippen LogP contribution in [-0.4, -0.2) is 0 Å².